The third-order valence-electron chi connectivity index (χ3n) is 5.90. The summed E-state index contributed by atoms with van der Waals surface area (Å²) in [4.78, 5) is 17.6. The molecule has 156 valence electrons. The molecule has 4 aliphatic rings. The minimum atomic E-state index is -0.283. The fourth-order valence-corrected chi connectivity index (χ4v) is 5.80. The normalized spacial score (nSPS) is 27.9. The Morgan fingerprint density at radius 1 is 1.37 bits per heavy atom. The zero-order valence-electron chi connectivity index (χ0n) is 16.7. The number of nitrogens with zero attached hydrogens (tertiary/aromatic N) is 3. The largest absolute Gasteiger partial charge is 0.348 e. The molecule has 4 heterocycles. The molecule has 30 heavy (non-hydrogen) atoms. The van der Waals surface area contributed by atoms with Crippen LogP contribution in [-0.2, 0) is 11.2 Å². The number of likely N-dealkylation sites (N-methyl/N-ethyl adjacent to an activating group) is 1. The number of halogens is 1. The maximum absolute atomic E-state index is 12.8. The first-order valence-electron chi connectivity index (χ1n) is 10.2. The van der Waals surface area contributed by atoms with E-state index < -0.39 is 0 Å². The fraction of sp³-hybridized carbons (Fsp3) is 0.364. The van der Waals surface area contributed by atoms with Crippen molar-refractivity contribution in [3.05, 3.63) is 71.1 Å². The zero-order valence-corrected chi connectivity index (χ0v) is 18.3. The van der Waals surface area contributed by atoms with Gasteiger partial charge in [-0.1, -0.05) is 42.1 Å². The topological polar surface area (TPSA) is 60.0 Å². The lowest BCUT2D eigenvalue weighted by Crippen LogP contribution is -2.40. The van der Waals surface area contributed by atoms with E-state index in [1.807, 2.05) is 31.5 Å². The second kappa shape index (κ2) is 8.23. The van der Waals surface area contributed by atoms with Crippen LogP contribution in [0.1, 0.15) is 17.2 Å². The van der Waals surface area contributed by atoms with Crippen LogP contribution in [0.3, 0.4) is 0 Å². The Kier molecular flexibility index (Phi) is 5.45. The smallest absolute Gasteiger partial charge is 0.276 e. The van der Waals surface area contributed by atoms with E-state index in [1.165, 1.54) is 22.9 Å². The molecule has 1 aromatic rings. The molecule has 0 saturated heterocycles. The second-order valence-corrected chi connectivity index (χ2v) is 9.64. The quantitative estimate of drug-likeness (QED) is 0.703. The number of thioether (sulfide) groups is 1. The molecular formula is C22H24ClN5OS. The summed E-state index contributed by atoms with van der Waals surface area (Å²) in [6.07, 6.45) is 9.14. The minimum absolute atomic E-state index is 0.120. The van der Waals surface area contributed by atoms with Gasteiger partial charge in [0, 0.05) is 32.4 Å². The van der Waals surface area contributed by atoms with E-state index in [0.717, 1.165) is 30.8 Å². The average Bonchev–Trinajstić information content (AvgIpc) is 3.32. The van der Waals surface area contributed by atoms with Crippen LogP contribution < -0.4 is 10.6 Å². The van der Waals surface area contributed by atoms with Crippen molar-refractivity contribution in [2.75, 3.05) is 26.7 Å². The highest BCUT2D eigenvalue weighted by molar-refractivity contribution is 8.17. The van der Waals surface area contributed by atoms with E-state index in [4.69, 9.17) is 16.6 Å². The van der Waals surface area contributed by atoms with Gasteiger partial charge >= 0.3 is 0 Å². The lowest BCUT2D eigenvalue weighted by Gasteiger charge is -2.27. The van der Waals surface area contributed by atoms with Crippen LogP contribution in [0.15, 0.2) is 65.0 Å². The molecule has 0 spiro atoms. The molecule has 8 heteroatoms. The van der Waals surface area contributed by atoms with Crippen molar-refractivity contribution in [2.24, 2.45) is 4.99 Å². The number of hydrazine groups is 1. The number of nitrogens with one attached hydrogen (secondary N) is 2. The molecule has 2 N–H and O–H groups in total. The van der Waals surface area contributed by atoms with E-state index in [9.17, 15) is 4.79 Å². The number of amides is 1. The molecule has 0 radical (unpaired) electrons. The van der Waals surface area contributed by atoms with Gasteiger partial charge in [0.25, 0.3) is 5.91 Å². The number of rotatable bonds is 4. The number of alkyl halides is 1. The number of carbonyl (C=O) groups is 1. The molecular weight excluding hydrogens is 418 g/mol. The lowest BCUT2D eigenvalue weighted by atomic mass is 9.94. The van der Waals surface area contributed by atoms with Crippen LogP contribution in [0.5, 0.6) is 0 Å². The second-order valence-electron chi connectivity index (χ2n) is 7.79. The first-order chi connectivity index (χ1) is 14.6. The molecule has 1 amide bonds. The van der Waals surface area contributed by atoms with Crippen LogP contribution in [-0.4, -0.2) is 58.4 Å². The number of allylic oxidation sites excluding steroid dienone is 3. The van der Waals surface area contributed by atoms with Gasteiger partial charge in [0.1, 0.15) is 10.8 Å². The van der Waals surface area contributed by atoms with Gasteiger partial charge < -0.3 is 10.6 Å². The molecule has 0 saturated carbocycles. The molecule has 0 aromatic heterocycles. The highest BCUT2D eigenvalue weighted by Crippen LogP contribution is 2.39. The van der Waals surface area contributed by atoms with Crippen LogP contribution in [0.25, 0.3) is 0 Å². The first kappa shape index (κ1) is 19.9. The number of aliphatic imine (C=N–C) groups is 1. The first-order valence-corrected chi connectivity index (χ1v) is 11.5. The van der Waals surface area contributed by atoms with Crippen molar-refractivity contribution < 1.29 is 4.79 Å². The number of hydrogen-bond acceptors (Lipinski definition) is 6. The Balaban J connectivity index is 1.28. The van der Waals surface area contributed by atoms with Crippen LogP contribution in [0.4, 0.5) is 0 Å². The number of hydrogen-bond donors (Lipinski definition) is 2. The minimum Gasteiger partial charge on any atom is -0.348 e. The van der Waals surface area contributed by atoms with Gasteiger partial charge in [0.2, 0.25) is 0 Å². The highest BCUT2D eigenvalue weighted by Gasteiger charge is 2.39. The molecule has 0 bridgehead atoms. The van der Waals surface area contributed by atoms with E-state index >= 15 is 0 Å². The van der Waals surface area contributed by atoms with Crippen molar-refractivity contribution in [2.45, 2.75) is 23.2 Å². The van der Waals surface area contributed by atoms with Crippen molar-refractivity contribution in [1.29, 1.82) is 0 Å². The number of carbonyl (C=O) groups excluding carboxylic acids is 1. The monoisotopic (exact) mass is 441 g/mol. The molecule has 3 atom stereocenters. The average molecular weight is 442 g/mol. The highest BCUT2D eigenvalue weighted by atomic mass is 35.5. The van der Waals surface area contributed by atoms with E-state index in [2.05, 4.69) is 44.9 Å². The van der Waals surface area contributed by atoms with Gasteiger partial charge in [-0.2, -0.15) is 0 Å². The van der Waals surface area contributed by atoms with Crippen LogP contribution in [0.2, 0.25) is 0 Å². The van der Waals surface area contributed by atoms with Crippen molar-refractivity contribution >= 4 is 34.3 Å². The maximum atomic E-state index is 12.8. The van der Waals surface area contributed by atoms with Gasteiger partial charge in [-0.3, -0.25) is 14.8 Å². The number of benzene rings is 1. The predicted molar refractivity (Wildman–Crippen MR) is 122 cm³/mol. The summed E-state index contributed by atoms with van der Waals surface area (Å²) in [6, 6.07) is 8.33. The lowest BCUT2D eigenvalue weighted by molar-refractivity contribution is -0.114. The van der Waals surface area contributed by atoms with Crippen LogP contribution in [0, 0.1) is 0 Å². The summed E-state index contributed by atoms with van der Waals surface area (Å²) in [5.74, 6) is -0.147. The Hall–Kier alpha value is -2.06. The molecule has 3 unspecified atom stereocenters. The van der Waals surface area contributed by atoms with Crippen LogP contribution >= 0.6 is 23.4 Å². The van der Waals surface area contributed by atoms with E-state index in [0.29, 0.717) is 11.6 Å². The van der Waals surface area contributed by atoms with Crippen molar-refractivity contribution in [3.8, 4) is 0 Å². The van der Waals surface area contributed by atoms with Gasteiger partial charge in [-0.25, -0.2) is 5.01 Å². The molecule has 0 aliphatic carbocycles. The summed E-state index contributed by atoms with van der Waals surface area (Å²) in [6.45, 7) is 2.20. The third kappa shape index (κ3) is 3.60. The third-order valence-corrected chi connectivity index (χ3v) is 7.40. The fourth-order valence-electron chi connectivity index (χ4n) is 4.42. The summed E-state index contributed by atoms with van der Waals surface area (Å²) < 4.78 is -0.283. The van der Waals surface area contributed by atoms with Crippen molar-refractivity contribution in [1.82, 2.24) is 20.7 Å². The molecule has 6 nitrogen and oxygen atoms in total. The summed E-state index contributed by atoms with van der Waals surface area (Å²) in [7, 11) is 2.04. The Morgan fingerprint density at radius 3 is 3.13 bits per heavy atom. The molecule has 0 fully saturated rings. The standard InChI is InChI=1S/C22H24ClN5OS/c1-27-13-16(18-8-4-5-11-28(18)27)19-20(23)30-22(26-19)21(29)25-12-17-15-7-3-2-6-14(15)9-10-24-17/h2-8,11,17,19-20,24H,9-10,12-13H2,1H3,(H,25,29). The Bertz CT molecular complexity index is 987. The van der Waals surface area contributed by atoms with Crippen molar-refractivity contribution in [3.63, 3.8) is 0 Å². The van der Waals surface area contributed by atoms with Gasteiger partial charge in [0.05, 0.1) is 5.70 Å². The Labute approximate surface area is 185 Å². The van der Waals surface area contributed by atoms with E-state index in [1.54, 1.807) is 0 Å². The maximum Gasteiger partial charge on any atom is 0.276 e. The summed E-state index contributed by atoms with van der Waals surface area (Å²) in [5, 5.41) is 11.2. The van der Waals surface area contributed by atoms with E-state index in [-0.39, 0.29) is 22.7 Å². The predicted octanol–water partition coefficient (Wildman–Crippen LogP) is 2.57. The SMILES string of the molecule is CN1CC(C2N=C(C(=O)NCC3NCCc4ccccc43)SC2Cl)=C2C=CC=CN21. The van der Waals surface area contributed by atoms with Gasteiger partial charge in [-0.15, -0.1) is 11.6 Å². The zero-order chi connectivity index (χ0) is 20.7. The molecule has 5 rings (SSSR count). The van der Waals surface area contributed by atoms with Gasteiger partial charge in [0.15, 0.2) is 5.04 Å². The molecule has 4 aliphatic heterocycles. The van der Waals surface area contributed by atoms with Gasteiger partial charge in [-0.05, 0) is 41.8 Å². The Morgan fingerprint density at radius 2 is 2.23 bits per heavy atom. The number of fused-ring (bicyclic) bond motifs is 2. The molecule has 1 aromatic carbocycles. The summed E-state index contributed by atoms with van der Waals surface area (Å²) >= 11 is 7.99. The summed E-state index contributed by atoms with van der Waals surface area (Å²) in [5.41, 5.74) is 4.86.